The van der Waals surface area contributed by atoms with Gasteiger partial charge in [-0.25, -0.2) is 4.79 Å². The van der Waals surface area contributed by atoms with Crippen molar-refractivity contribution in [2.45, 2.75) is 39.7 Å². The van der Waals surface area contributed by atoms with Crippen LogP contribution < -0.4 is 0 Å². The zero-order chi connectivity index (χ0) is 15.2. The molecule has 0 fully saturated rings. The van der Waals surface area contributed by atoms with Gasteiger partial charge in [-0.3, -0.25) is 0 Å². The summed E-state index contributed by atoms with van der Waals surface area (Å²) in [5.74, 6) is -0.238. The first-order valence-electron chi connectivity index (χ1n) is 6.93. The minimum absolute atomic E-state index is 0.201. The maximum Gasteiger partial charge on any atom is 0.335 e. The quantitative estimate of drug-likeness (QED) is 0.768. The predicted octanol–water partition coefficient (Wildman–Crippen LogP) is 3.74. The number of hydrogen-bond donors (Lipinski definition) is 2. The van der Waals surface area contributed by atoms with Crippen molar-refractivity contribution < 1.29 is 15.0 Å². The highest BCUT2D eigenvalue weighted by Crippen LogP contribution is 2.34. The molecule has 0 bridgehead atoms. The van der Waals surface area contributed by atoms with Crippen LogP contribution in [0.4, 0.5) is 0 Å². The van der Waals surface area contributed by atoms with Gasteiger partial charge in [0.05, 0.1) is 11.7 Å². The van der Waals surface area contributed by atoms with E-state index in [0.29, 0.717) is 16.9 Å². The van der Waals surface area contributed by atoms with Crippen LogP contribution in [0.25, 0.3) is 0 Å². The van der Waals surface area contributed by atoms with Crippen molar-refractivity contribution in [3.05, 3.63) is 48.0 Å². The predicted molar refractivity (Wildman–Crippen MR) is 80.7 cm³/mol. The Hall–Kier alpha value is -1.61. The van der Waals surface area contributed by atoms with Crippen molar-refractivity contribution in [2.24, 2.45) is 11.3 Å². The highest BCUT2D eigenvalue weighted by Gasteiger charge is 2.27. The molecule has 0 heterocycles. The van der Waals surface area contributed by atoms with Crippen LogP contribution in [0, 0.1) is 11.3 Å². The molecule has 2 atom stereocenters. The average molecular weight is 276 g/mol. The first-order valence-corrected chi connectivity index (χ1v) is 6.93. The topological polar surface area (TPSA) is 57.5 Å². The van der Waals surface area contributed by atoms with Crippen molar-refractivity contribution in [1.29, 1.82) is 0 Å². The van der Waals surface area contributed by atoms with Gasteiger partial charge >= 0.3 is 5.97 Å². The molecule has 1 aliphatic carbocycles. The lowest BCUT2D eigenvalue weighted by Crippen LogP contribution is -2.26. The summed E-state index contributed by atoms with van der Waals surface area (Å²) in [6.07, 6.45) is 5.86. The van der Waals surface area contributed by atoms with Crippen LogP contribution in [0.2, 0.25) is 0 Å². The monoisotopic (exact) mass is 276 g/mol. The van der Waals surface area contributed by atoms with Crippen LogP contribution in [-0.2, 0) is 0 Å². The number of aromatic carboxylic acids is 1. The molecule has 1 aromatic carbocycles. The largest absolute Gasteiger partial charge is 0.478 e. The van der Waals surface area contributed by atoms with E-state index in [1.54, 1.807) is 30.3 Å². The molecule has 110 valence electrons. The Morgan fingerprint density at radius 1 is 1.20 bits per heavy atom. The molecule has 0 aromatic heterocycles. The molecular weight excluding hydrogens is 252 g/mol. The van der Waals surface area contributed by atoms with Gasteiger partial charge in [0.2, 0.25) is 0 Å². The van der Waals surface area contributed by atoms with Gasteiger partial charge in [-0.2, -0.15) is 0 Å². The Balaban J connectivity index is 0.000000204. The second kappa shape index (κ2) is 7.25. The van der Waals surface area contributed by atoms with E-state index >= 15 is 0 Å². The van der Waals surface area contributed by atoms with E-state index in [1.807, 2.05) is 6.08 Å². The van der Waals surface area contributed by atoms with E-state index in [9.17, 15) is 9.90 Å². The van der Waals surface area contributed by atoms with Crippen LogP contribution in [-0.4, -0.2) is 22.3 Å². The second-order valence-corrected chi connectivity index (χ2v) is 6.20. The van der Waals surface area contributed by atoms with Crippen molar-refractivity contribution in [3.8, 4) is 0 Å². The number of carbonyl (C=O) groups is 1. The molecule has 0 amide bonds. The van der Waals surface area contributed by atoms with E-state index in [4.69, 9.17) is 5.11 Å². The maximum atomic E-state index is 10.2. The minimum Gasteiger partial charge on any atom is -0.478 e. The van der Waals surface area contributed by atoms with E-state index < -0.39 is 5.97 Å². The van der Waals surface area contributed by atoms with Gasteiger partial charge in [0.1, 0.15) is 0 Å². The number of aliphatic hydroxyl groups excluding tert-OH is 1. The van der Waals surface area contributed by atoms with E-state index in [-0.39, 0.29) is 6.10 Å². The molecule has 0 saturated heterocycles. The Kier molecular flexibility index (Phi) is 5.96. The minimum atomic E-state index is -0.879. The first kappa shape index (κ1) is 16.4. The fraction of sp³-hybridized carbons (Fsp3) is 0.471. The Bertz CT molecular complexity index is 443. The molecule has 2 rings (SSSR count). The van der Waals surface area contributed by atoms with Crippen molar-refractivity contribution >= 4 is 5.97 Å². The fourth-order valence-electron chi connectivity index (χ4n) is 2.15. The van der Waals surface area contributed by atoms with Crippen LogP contribution in [0.15, 0.2) is 42.5 Å². The summed E-state index contributed by atoms with van der Waals surface area (Å²) in [4.78, 5) is 10.2. The standard InChI is InChI=1S/C10H18O.C7H6O2/c1-10(2,3)8-5-4-6-9(11)7-8;8-7(9)6-4-2-1-3-5-6/h4,6,8-9,11H,5,7H2,1-3H3;1-5H,(H,8,9)/t8-,9-;/m1./s1. The van der Waals surface area contributed by atoms with E-state index in [2.05, 4.69) is 26.8 Å². The molecule has 0 spiro atoms. The Morgan fingerprint density at radius 3 is 2.15 bits per heavy atom. The molecule has 20 heavy (non-hydrogen) atoms. The Labute approximate surface area is 121 Å². The summed E-state index contributed by atoms with van der Waals surface area (Å²) >= 11 is 0. The Morgan fingerprint density at radius 2 is 1.80 bits per heavy atom. The highest BCUT2D eigenvalue weighted by atomic mass is 16.4. The van der Waals surface area contributed by atoms with Crippen molar-refractivity contribution in [2.75, 3.05) is 0 Å². The van der Waals surface area contributed by atoms with Crippen LogP contribution >= 0.6 is 0 Å². The van der Waals surface area contributed by atoms with Gasteiger partial charge in [-0.1, -0.05) is 51.1 Å². The number of carboxylic acid groups (broad SMARTS) is 1. The summed E-state index contributed by atoms with van der Waals surface area (Å²) in [7, 11) is 0. The number of benzene rings is 1. The summed E-state index contributed by atoms with van der Waals surface area (Å²) in [5, 5.41) is 17.7. The lowest BCUT2D eigenvalue weighted by molar-refractivity contribution is 0.0697. The molecule has 3 nitrogen and oxygen atoms in total. The van der Waals surface area contributed by atoms with E-state index in [1.165, 1.54) is 0 Å². The van der Waals surface area contributed by atoms with Crippen LogP contribution in [0.3, 0.4) is 0 Å². The molecular formula is C17H24O3. The zero-order valence-electron chi connectivity index (χ0n) is 12.4. The van der Waals surface area contributed by atoms with Gasteiger partial charge in [0.25, 0.3) is 0 Å². The maximum absolute atomic E-state index is 10.2. The van der Waals surface area contributed by atoms with Crippen molar-refractivity contribution in [1.82, 2.24) is 0 Å². The summed E-state index contributed by atoms with van der Waals surface area (Å²) in [6, 6.07) is 8.30. The summed E-state index contributed by atoms with van der Waals surface area (Å²) in [6.45, 7) is 6.72. The van der Waals surface area contributed by atoms with Gasteiger partial charge in [0.15, 0.2) is 0 Å². The number of aliphatic hydroxyl groups is 1. The fourth-order valence-corrected chi connectivity index (χ4v) is 2.15. The van der Waals surface area contributed by atoms with Crippen LogP contribution in [0.1, 0.15) is 44.0 Å². The molecule has 0 aliphatic heterocycles. The third-order valence-corrected chi connectivity index (χ3v) is 3.55. The molecule has 1 aromatic rings. The van der Waals surface area contributed by atoms with Gasteiger partial charge in [0, 0.05) is 0 Å². The normalized spacial score (nSPS) is 21.8. The van der Waals surface area contributed by atoms with E-state index in [0.717, 1.165) is 12.8 Å². The summed E-state index contributed by atoms with van der Waals surface area (Å²) in [5.41, 5.74) is 0.670. The molecule has 0 saturated carbocycles. The van der Waals surface area contributed by atoms with Crippen molar-refractivity contribution in [3.63, 3.8) is 0 Å². The molecule has 2 N–H and O–H groups in total. The lowest BCUT2D eigenvalue weighted by Gasteiger charge is -2.33. The molecule has 3 heteroatoms. The lowest BCUT2D eigenvalue weighted by atomic mass is 9.74. The highest BCUT2D eigenvalue weighted by molar-refractivity contribution is 5.87. The average Bonchev–Trinajstić information content (AvgIpc) is 2.39. The number of carboxylic acids is 1. The summed E-state index contributed by atoms with van der Waals surface area (Å²) < 4.78 is 0. The van der Waals surface area contributed by atoms with Crippen LogP contribution in [0.5, 0.6) is 0 Å². The smallest absolute Gasteiger partial charge is 0.335 e. The number of rotatable bonds is 1. The zero-order valence-corrected chi connectivity index (χ0v) is 12.4. The van der Waals surface area contributed by atoms with Gasteiger partial charge < -0.3 is 10.2 Å². The van der Waals surface area contributed by atoms with Gasteiger partial charge in [-0.05, 0) is 36.3 Å². The third-order valence-electron chi connectivity index (χ3n) is 3.55. The molecule has 0 radical (unpaired) electrons. The second-order valence-electron chi connectivity index (χ2n) is 6.20. The number of allylic oxidation sites excluding steroid dienone is 1. The number of hydrogen-bond acceptors (Lipinski definition) is 2. The van der Waals surface area contributed by atoms with Gasteiger partial charge in [-0.15, -0.1) is 0 Å². The molecule has 1 aliphatic rings. The SMILES string of the molecule is CC(C)(C)[C@@H]1CC=C[C@@H](O)C1.O=C(O)c1ccccc1. The first-order chi connectivity index (χ1) is 9.30. The third kappa shape index (κ3) is 5.57. The molecule has 0 unspecified atom stereocenters.